The first-order chi connectivity index (χ1) is 8.97. The molecule has 1 aromatic carbocycles. The zero-order chi connectivity index (χ0) is 14.0. The van der Waals surface area contributed by atoms with E-state index in [-0.39, 0.29) is 16.3 Å². The molecule has 0 aliphatic rings. The average Bonchev–Trinajstić information content (AvgIpc) is 2.36. The van der Waals surface area contributed by atoms with Gasteiger partial charge in [0.15, 0.2) is 11.6 Å². The maximum absolute atomic E-state index is 13.1. The van der Waals surface area contributed by atoms with Gasteiger partial charge in [0.1, 0.15) is 5.03 Å². The highest BCUT2D eigenvalue weighted by Crippen LogP contribution is 2.30. The van der Waals surface area contributed by atoms with E-state index in [1.807, 2.05) is 0 Å². The zero-order valence-electron chi connectivity index (χ0n) is 9.43. The Kier molecular flexibility index (Phi) is 3.66. The quantitative estimate of drug-likeness (QED) is 0.905. The van der Waals surface area contributed by atoms with Crippen molar-refractivity contribution in [2.45, 2.75) is 9.92 Å². The van der Waals surface area contributed by atoms with Crippen molar-refractivity contribution >= 4 is 23.4 Å². The maximum atomic E-state index is 13.1. The van der Waals surface area contributed by atoms with Crippen molar-refractivity contribution in [3.05, 3.63) is 47.7 Å². The standard InChI is InChI=1S/C12H8F2N2O2S/c13-9-2-1-7(4-10(9)14)19-11-8(12(17)18)3-6(15)5-16-11/h1-5H,15H2,(H,17,18). The van der Waals surface area contributed by atoms with Crippen LogP contribution in [-0.4, -0.2) is 16.1 Å². The fraction of sp³-hybridized carbons (Fsp3) is 0. The number of nitrogens with zero attached hydrogens (tertiary/aromatic N) is 1. The molecular formula is C12H8F2N2O2S. The molecule has 0 saturated carbocycles. The molecule has 2 aromatic rings. The number of carbonyl (C=O) groups is 1. The van der Waals surface area contributed by atoms with Crippen LogP contribution in [0.25, 0.3) is 0 Å². The minimum Gasteiger partial charge on any atom is -0.478 e. The molecule has 4 nitrogen and oxygen atoms in total. The van der Waals surface area contributed by atoms with Crippen LogP contribution in [0.2, 0.25) is 0 Å². The number of aromatic nitrogens is 1. The van der Waals surface area contributed by atoms with Gasteiger partial charge in [0.05, 0.1) is 17.4 Å². The van der Waals surface area contributed by atoms with E-state index in [2.05, 4.69) is 4.98 Å². The highest BCUT2D eigenvalue weighted by molar-refractivity contribution is 7.99. The average molecular weight is 282 g/mol. The molecule has 19 heavy (non-hydrogen) atoms. The summed E-state index contributed by atoms with van der Waals surface area (Å²) < 4.78 is 25.8. The van der Waals surface area contributed by atoms with Crippen LogP contribution < -0.4 is 5.73 Å². The topological polar surface area (TPSA) is 76.2 Å². The minimum atomic E-state index is -1.19. The van der Waals surface area contributed by atoms with Crippen molar-refractivity contribution in [1.29, 1.82) is 0 Å². The number of nitrogens with two attached hydrogens (primary N) is 1. The third-order valence-electron chi connectivity index (χ3n) is 2.21. The van der Waals surface area contributed by atoms with Crippen LogP contribution in [-0.2, 0) is 0 Å². The molecule has 0 aliphatic heterocycles. The van der Waals surface area contributed by atoms with E-state index in [1.165, 1.54) is 18.3 Å². The van der Waals surface area contributed by atoms with Gasteiger partial charge in [-0.05, 0) is 24.3 Å². The molecule has 0 bridgehead atoms. The van der Waals surface area contributed by atoms with E-state index in [0.29, 0.717) is 4.90 Å². The summed E-state index contributed by atoms with van der Waals surface area (Å²) in [6.45, 7) is 0. The summed E-state index contributed by atoms with van der Waals surface area (Å²) in [6.07, 6.45) is 1.30. The number of aromatic carboxylic acids is 1. The highest BCUT2D eigenvalue weighted by Gasteiger charge is 2.14. The Balaban J connectivity index is 2.37. The number of anilines is 1. The van der Waals surface area contributed by atoms with Gasteiger partial charge >= 0.3 is 5.97 Å². The smallest absolute Gasteiger partial charge is 0.338 e. The van der Waals surface area contributed by atoms with Crippen molar-refractivity contribution < 1.29 is 18.7 Å². The molecule has 1 heterocycles. The summed E-state index contributed by atoms with van der Waals surface area (Å²) in [5.41, 5.74) is 5.58. The summed E-state index contributed by atoms with van der Waals surface area (Å²) in [5.74, 6) is -3.16. The molecule has 0 unspecified atom stereocenters. The normalized spacial score (nSPS) is 10.4. The number of hydrogen-bond donors (Lipinski definition) is 2. The first-order valence-electron chi connectivity index (χ1n) is 5.09. The lowest BCUT2D eigenvalue weighted by Gasteiger charge is -2.06. The van der Waals surface area contributed by atoms with Crippen molar-refractivity contribution in [2.75, 3.05) is 5.73 Å². The molecule has 98 valence electrons. The van der Waals surface area contributed by atoms with Gasteiger partial charge in [-0.25, -0.2) is 18.6 Å². The number of halogens is 2. The van der Waals surface area contributed by atoms with E-state index >= 15 is 0 Å². The summed E-state index contributed by atoms with van der Waals surface area (Å²) in [5, 5.41) is 9.18. The Bertz CT molecular complexity index is 650. The predicted molar refractivity (Wildman–Crippen MR) is 66.1 cm³/mol. The summed E-state index contributed by atoms with van der Waals surface area (Å²) in [7, 11) is 0. The number of hydrogen-bond acceptors (Lipinski definition) is 4. The fourth-order valence-electron chi connectivity index (χ4n) is 1.35. The molecule has 0 fully saturated rings. The Morgan fingerprint density at radius 3 is 2.63 bits per heavy atom. The lowest BCUT2D eigenvalue weighted by Crippen LogP contribution is -2.02. The molecule has 0 radical (unpaired) electrons. The van der Waals surface area contributed by atoms with Crippen LogP contribution >= 0.6 is 11.8 Å². The first kappa shape index (κ1) is 13.3. The number of nitrogen functional groups attached to an aromatic ring is 1. The molecular weight excluding hydrogens is 274 g/mol. The van der Waals surface area contributed by atoms with Crippen molar-refractivity contribution in [3.8, 4) is 0 Å². The summed E-state index contributed by atoms with van der Waals surface area (Å²) in [6, 6.07) is 4.55. The predicted octanol–water partition coefficient (Wildman–Crippen LogP) is 2.79. The molecule has 0 spiro atoms. The second kappa shape index (κ2) is 5.23. The molecule has 0 saturated heterocycles. The van der Waals surface area contributed by atoms with Crippen LogP contribution in [0.15, 0.2) is 40.4 Å². The van der Waals surface area contributed by atoms with Gasteiger partial charge in [-0.2, -0.15) is 0 Å². The molecule has 0 aliphatic carbocycles. The lowest BCUT2D eigenvalue weighted by molar-refractivity contribution is 0.0692. The molecule has 7 heteroatoms. The summed E-state index contributed by atoms with van der Waals surface area (Å²) in [4.78, 5) is 15.3. The van der Waals surface area contributed by atoms with Crippen LogP contribution in [0.4, 0.5) is 14.5 Å². The van der Waals surface area contributed by atoms with Gasteiger partial charge in [0.25, 0.3) is 0 Å². The van der Waals surface area contributed by atoms with Crippen LogP contribution in [0.5, 0.6) is 0 Å². The Labute approximate surface area is 111 Å². The zero-order valence-corrected chi connectivity index (χ0v) is 10.2. The van der Waals surface area contributed by atoms with Crippen LogP contribution in [0.1, 0.15) is 10.4 Å². The maximum Gasteiger partial charge on any atom is 0.338 e. The molecule has 2 rings (SSSR count). The van der Waals surface area contributed by atoms with E-state index in [1.54, 1.807) is 0 Å². The van der Waals surface area contributed by atoms with Gasteiger partial charge in [0, 0.05) is 4.90 Å². The van der Waals surface area contributed by atoms with Crippen molar-refractivity contribution in [1.82, 2.24) is 4.98 Å². The van der Waals surface area contributed by atoms with E-state index < -0.39 is 17.6 Å². The Morgan fingerprint density at radius 1 is 1.26 bits per heavy atom. The lowest BCUT2D eigenvalue weighted by atomic mass is 10.3. The number of pyridine rings is 1. The molecule has 0 atom stereocenters. The van der Waals surface area contributed by atoms with Crippen LogP contribution in [0, 0.1) is 11.6 Å². The van der Waals surface area contributed by atoms with E-state index in [9.17, 15) is 13.6 Å². The van der Waals surface area contributed by atoms with Crippen molar-refractivity contribution in [3.63, 3.8) is 0 Å². The number of benzene rings is 1. The van der Waals surface area contributed by atoms with Gasteiger partial charge in [-0.15, -0.1) is 0 Å². The number of carboxylic acid groups (broad SMARTS) is 1. The Hall–Kier alpha value is -2.15. The van der Waals surface area contributed by atoms with Crippen molar-refractivity contribution in [2.24, 2.45) is 0 Å². The minimum absolute atomic E-state index is 0.0882. The van der Waals surface area contributed by atoms with Gasteiger partial charge in [-0.3, -0.25) is 0 Å². The van der Waals surface area contributed by atoms with Gasteiger partial charge < -0.3 is 10.8 Å². The van der Waals surface area contributed by atoms with Crippen LogP contribution in [0.3, 0.4) is 0 Å². The third-order valence-corrected chi connectivity index (χ3v) is 3.22. The SMILES string of the molecule is Nc1cnc(Sc2ccc(F)c(F)c2)c(C(=O)O)c1. The third kappa shape index (κ3) is 3.00. The Morgan fingerprint density at radius 2 is 2.00 bits per heavy atom. The second-order valence-electron chi connectivity index (χ2n) is 3.60. The van der Waals surface area contributed by atoms with E-state index in [0.717, 1.165) is 23.9 Å². The number of rotatable bonds is 3. The molecule has 0 amide bonds. The number of carboxylic acids is 1. The molecule has 1 aromatic heterocycles. The first-order valence-corrected chi connectivity index (χ1v) is 5.90. The van der Waals surface area contributed by atoms with Gasteiger partial charge in [-0.1, -0.05) is 11.8 Å². The molecule has 3 N–H and O–H groups in total. The van der Waals surface area contributed by atoms with Gasteiger partial charge in [0.2, 0.25) is 0 Å². The second-order valence-corrected chi connectivity index (χ2v) is 4.67. The monoisotopic (exact) mass is 282 g/mol. The largest absolute Gasteiger partial charge is 0.478 e. The fourth-order valence-corrected chi connectivity index (χ4v) is 2.24. The van der Waals surface area contributed by atoms with E-state index in [4.69, 9.17) is 10.8 Å². The highest BCUT2D eigenvalue weighted by atomic mass is 32.2. The summed E-state index contributed by atoms with van der Waals surface area (Å²) >= 11 is 0.920.